The number of amides is 1. The molecule has 0 unspecified atom stereocenters. The van der Waals surface area contributed by atoms with Crippen molar-refractivity contribution in [2.24, 2.45) is 14.1 Å². The number of nitrogens with two attached hydrogens (primary N) is 2. The Morgan fingerprint density at radius 2 is 2.00 bits per heavy atom. The van der Waals surface area contributed by atoms with Gasteiger partial charge in [-0.05, 0) is 23.9 Å². The highest BCUT2D eigenvalue weighted by Gasteiger charge is 2.30. The molecule has 2 aromatic heterocycles. The third kappa shape index (κ3) is 4.32. The van der Waals surface area contributed by atoms with Gasteiger partial charge in [-0.3, -0.25) is 4.79 Å². The van der Waals surface area contributed by atoms with Gasteiger partial charge in [-0.25, -0.2) is 19.1 Å². The molecule has 0 fully saturated rings. The normalized spacial score (nSPS) is 11.8. The van der Waals surface area contributed by atoms with Gasteiger partial charge in [0.05, 0.1) is 14.1 Å². The minimum Gasteiger partial charge on any atom is -0.382 e. The van der Waals surface area contributed by atoms with Crippen molar-refractivity contribution in [3.63, 3.8) is 0 Å². The van der Waals surface area contributed by atoms with Crippen molar-refractivity contribution in [2.45, 2.75) is 16.9 Å². The lowest BCUT2D eigenvalue weighted by Gasteiger charge is -2.07. The Morgan fingerprint density at radius 3 is 2.66 bits per heavy atom. The predicted molar refractivity (Wildman–Crippen MR) is 103 cm³/mol. The third-order valence-corrected chi connectivity index (χ3v) is 5.20. The van der Waals surface area contributed by atoms with Crippen LogP contribution in [0.3, 0.4) is 0 Å². The van der Waals surface area contributed by atoms with Gasteiger partial charge in [0.15, 0.2) is 33.5 Å². The number of nitrogens with one attached hydrogen (secondary N) is 1. The maximum Gasteiger partial charge on any atom is 0.446 e. The molecule has 0 spiro atoms. The summed E-state index contributed by atoms with van der Waals surface area (Å²) in [6.45, 7) is 0.0609. The molecule has 0 radical (unpaired) electrons. The molecule has 1 amide bonds. The maximum absolute atomic E-state index is 12.6. The quantitative estimate of drug-likeness (QED) is 0.418. The SMILES string of the molecule is Cn1c(CNC(=O)c2nc(Cl)c(N)nc2N)[n+](C)c2ccc(SC(F)(F)F)cc21. The van der Waals surface area contributed by atoms with Gasteiger partial charge in [0, 0.05) is 11.0 Å². The number of anilines is 2. The lowest BCUT2D eigenvalue weighted by molar-refractivity contribution is -0.654. The van der Waals surface area contributed by atoms with E-state index in [0.717, 1.165) is 0 Å². The van der Waals surface area contributed by atoms with Gasteiger partial charge in [0.2, 0.25) is 0 Å². The number of nitrogen functional groups attached to an aromatic ring is 2. The number of carbonyl (C=O) groups excluding carboxylic acids is 1. The average molecular weight is 447 g/mol. The summed E-state index contributed by atoms with van der Waals surface area (Å²) < 4.78 is 41.4. The number of halogens is 4. The van der Waals surface area contributed by atoms with Crippen LogP contribution in [0.25, 0.3) is 11.0 Å². The molecule has 3 rings (SSSR count). The first-order chi connectivity index (χ1) is 13.5. The number of aromatic nitrogens is 4. The molecule has 29 heavy (non-hydrogen) atoms. The third-order valence-electron chi connectivity index (χ3n) is 4.20. The zero-order valence-electron chi connectivity index (χ0n) is 15.2. The minimum absolute atomic E-state index is 0.0609. The number of aryl methyl sites for hydroxylation is 2. The van der Waals surface area contributed by atoms with Crippen LogP contribution in [0.4, 0.5) is 24.8 Å². The van der Waals surface area contributed by atoms with Crippen molar-refractivity contribution in [3.8, 4) is 0 Å². The predicted octanol–water partition coefficient (Wildman–Crippen LogP) is 2.15. The van der Waals surface area contributed by atoms with E-state index < -0.39 is 11.4 Å². The van der Waals surface area contributed by atoms with Crippen LogP contribution in [0.1, 0.15) is 16.3 Å². The number of thioether (sulfide) groups is 1. The molecule has 0 bridgehead atoms. The molecule has 154 valence electrons. The molecular formula is C16H16ClF3N7OS+. The summed E-state index contributed by atoms with van der Waals surface area (Å²) in [6, 6.07) is 4.44. The summed E-state index contributed by atoms with van der Waals surface area (Å²) in [7, 11) is 3.44. The Bertz CT molecular complexity index is 1120. The second-order valence-corrected chi connectivity index (χ2v) is 7.55. The van der Waals surface area contributed by atoms with Crippen molar-refractivity contribution in [1.82, 2.24) is 19.9 Å². The monoisotopic (exact) mass is 446 g/mol. The molecule has 2 heterocycles. The van der Waals surface area contributed by atoms with Gasteiger partial charge in [0.1, 0.15) is 6.54 Å². The van der Waals surface area contributed by atoms with Gasteiger partial charge in [-0.1, -0.05) is 11.6 Å². The molecule has 0 saturated heterocycles. The van der Waals surface area contributed by atoms with Gasteiger partial charge >= 0.3 is 5.51 Å². The van der Waals surface area contributed by atoms with Crippen LogP contribution in [0.5, 0.6) is 0 Å². The molecule has 8 nitrogen and oxygen atoms in total. The molecule has 5 N–H and O–H groups in total. The molecule has 13 heteroatoms. The first-order valence-electron chi connectivity index (χ1n) is 8.07. The zero-order valence-corrected chi connectivity index (χ0v) is 16.8. The van der Waals surface area contributed by atoms with Crippen LogP contribution >= 0.6 is 23.4 Å². The van der Waals surface area contributed by atoms with Gasteiger partial charge in [-0.2, -0.15) is 13.2 Å². The van der Waals surface area contributed by atoms with E-state index in [1.165, 1.54) is 12.1 Å². The summed E-state index contributed by atoms with van der Waals surface area (Å²) in [5.74, 6) is -0.237. The first kappa shape index (κ1) is 21.0. The fraction of sp³-hybridized carbons (Fsp3) is 0.250. The van der Waals surface area contributed by atoms with Crippen LogP contribution < -0.4 is 21.4 Å². The summed E-state index contributed by atoms with van der Waals surface area (Å²) in [4.78, 5) is 20.1. The largest absolute Gasteiger partial charge is 0.446 e. The first-order valence-corrected chi connectivity index (χ1v) is 9.27. The van der Waals surface area contributed by atoms with Gasteiger partial charge in [-0.15, -0.1) is 0 Å². The van der Waals surface area contributed by atoms with Crippen LogP contribution in [-0.4, -0.2) is 26.0 Å². The van der Waals surface area contributed by atoms with E-state index in [0.29, 0.717) is 16.9 Å². The lowest BCUT2D eigenvalue weighted by Crippen LogP contribution is -2.37. The summed E-state index contributed by atoms with van der Waals surface area (Å²) in [5.41, 5.74) is 7.91. The smallest absolute Gasteiger partial charge is 0.382 e. The van der Waals surface area contributed by atoms with E-state index in [1.807, 2.05) is 0 Å². The standard InChI is InChI=1S/C16H15ClF3N7OS/c1-26-8-4-3-7(29-16(18,19)20)5-9(8)27(2)10(26)6-23-15(28)11-13(21)25-14(22)12(17)24-11/h3-5H,6H2,1-2H3,(H4-,21,22,23,25,28)/p+1. The van der Waals surface area contributed by atoms with E-state index in [9.17, 15) is 18.0 Å². The number of carbonyl (C=O) groups is 1. The Labute approximate surface area is 172 Å². The van der Waals surface area contributed by atoms with Crippen LogP contribution in [0.2, 0.25) is 5.15 Å². The molecule has 0 aliphatic rings. The number of nitrogens with zero attached hydrogens (tertiary/aromatic N) is 4. The summed E-state index contributed by atoms with van der Waals surface area (Å²) >= 11 is 5.60. The van der Waals surface area contributed by atoms with E-state index in [4.69, 9.17) is 23.1 Å². The van der Waals surface area contributed by atoms with Crippen LogP contribution in [-0.2, 0) is 20.6 Å². The molecule has 0 saturated carbocycles. The highest BCUT2D eigenvalue weighted by Crippen LogP contribution is 2.37. The summed E-state index contributed by atoms with van der Waals surface area (Å²) in [5, 5.41) is 2.51. The molecule has 1 aromatic carbocycles. The number of hydrogen-bond donors (Lipinski definition) is 3. The Kier molecular flexibility index (Phi) is 5.50. The molecular weight excluding hydrogens is 431 g/mol. The lowest BCUT2D eigenvalue weighted by atomic mass is 10.3. The van der Waals surface area contributed by atoms with E-state index >= 15 is 0 Å². The second-order valence-electron chi connectivity index (χ2n) is 6.05. The van der Waals surface area contributed by atoms with E-state index in [-0.39, 0.29) is 45.7 Å². The Morgan fingerprint density at radius 1 is 1.31 bits per heavy atom. The Balaban J connectivity index is 1.87. The summed E-state index contributed by atoms with van der Waals surface area (Å²) in [6.07, 6.45) is 0. The van der Waals surface area contributed by atoms with Gasteiger partial charge < -0.3 is 16.8 Å². The Hall–Kier alpha value is -2.73. The molecule has 0 aliphatic carbocycles. The molecule has 0 aliphatic heterocycles. The number of rotatable bonds is 4. The van der Waals surface area contributed by atoms with Crippen molar-refractivity contribution < 1.29 is 22.5 Å². The number of imidazole rings is 1. The van der Waals surface area contributed by atoms with Crippen molar-refractivity contribution >= 4 is 51.9 Å². The van der Waals surface area contributed by atoms with Gasteiger partial charge in [0.25, 0.3) is 11.7 Å². The van der Waals surface area contributed by atoms with Crippen LogP contribution in [0.15, 0.2) is 23.1 Å². The molecule has 3 aromatic rings. The number of benzene rings is 1. The average Bonchev–Trinajstić information content (AvgIpc) is 2.85. The fourth-order valence-electron chi connectivity index (χ4n) is 2.84. The highest BCUT2D eigenvalue weighted by molar-refractivity contribution is 8.00. The van der Waals surface area contributed by atoms with E-state index in [1.54, 1.807) is 29.3 Å². The fourth-order valence-corrected chi connectivity index (χ4v) is 3.55. The maximum atomic E-state index is 12.6. The zero-order chi connectivity index (χ0) is 21.5. The number of hydrogen-bond acceptors (Lipinski definition) is 6. The highest BCUT2D eigenvalue weighted by atomic mass is 35.5. The number of alkyl halides is 3. The minimum atomic E-state index is -4.38. The molecule has 0 atom stereocenters. The van der Waals surface area contributed by atoms with Crippen molar-refractivity contribution in [1.29, 1.82) is 0 Å². The van der Waals surface area contributed by atoms with E-state index in [2.05, 4.69) is 15.3 Å². The van der Waals surface area contributed by atoms with Crippen molar-refractivity contribution in [3.05, 3.63) is 34.9 Å². The van der Waals surface area contributed by atoms with Crippen molar-refractivity contribution in [2.75, 3.05) is 11.5 Å². The van der Waals surface area contributed by atoms with Crippen LogP contribution in [0, 0.1) is 0 Å². The number of fused-ring (bicyclic) bond motifs is 1. The second kappa shape index (κ2) is 7.59. The topological polar surface area (TPSA) is 116 Å².